The number of piperidine rings is 1. The number of nitrogens with zero attached hydrogens (tertiary/aromatic N) is 2. The van der Waals surface area contributed by atoms with Gasteiger partial charge in [-0.15, -0.1) is 0 Å². The van der Waals surface area contributed by atoms with Crippen molar-refractivity contribution in [2.45, 2.75) is 31.8 Å². The van der Waals surface area contributed by atoms with Crippen molar-refractivity contribution >= 4 is 16.1 Å². The minimum atomic E-state index is -3.24. The highest BCUT2D eigenvalue weighted by atomic mass is 32.2. The predicted octanol–water partition coefficient (Wildman–Crippen LogP) is -0.570. The van der Waals surface area contributed by atoms with Crippen LogP contribution in [0.25, 0.3) is 0 Å². The van der Waals surface area contributed by atoms with E-state index in [1.807, 2.05) is 6.92 Å². The summed E-state index contributed by atoms with van der Waals surface area (Å²) < 4.78 is 30.6. The lowest BCUT2D eigenvalue weighted by Gasteiger charge is -2.34. The Hall–Kier alpha value is -0.900. The largest absolute Gasteiger partial charge is 0.379 e. The standard InChI is InChI=1S/C14H28N4O4S/c1-12(10-17-6-8-22-9-7-17)15-14(19)18-5-3-4-13(11-18)16-23(2,20)21/h12-13,16H,3-11H2,1-2H3,(H,15,19)/t12-,13+/m1/s1. The van der Waals surface area contributed by atoms with Crippen molar-refractivity contribution in [3.8, 4) is 0 Å². The van der Waals surface area contributed by atoms with Crippen LogP contribution in [0, 0.1) is 0 Å². The number of amides is 2. The first kappa shape index (κ1) is 18.4. The quantitative estimate of drug-likeness (QED) is 0.694. The lowest BCUT2D eigenvalue weighted by atomic mass is 10.1. The van der Waals surface area contributed by atoms with Gasteiger partial charge >= 0.3 is 6.03 Å². The maximum atomic E-state index is 12.4. The summed E-state index contributed by atoms with van der Waals surface area (Å²) in [5.74, 6) is 0. The summed E-state index contributed by atoms with van der Waals surface area (Å²) in [5.41, 5.74) is 0. The minimum Gasteiger partial charge on any atom is -0.379 e. The number of hydrogen-bond donors (Lipinski definition) is 2. The molecule has 0 aromatic heterocycles. The average molecular weight is 348 g/mol. The van der Waals surface area contributed by atoms with E-state index in [0.717, 1.165) is 51.9 Å². The van der Waals surface area contributed by atoms with Gasteiger partial charge in [-0.2, -0.15) is 0 Å². The molecule has 0 spiro atoms. The summed E-state index contributed by atoms with van der Waals surface area (Å²) in [5, 5.41) is 3.01. The molecule has 2 amide bonds. The number of likely N-dealkylation sites (tertiary alicyclic amines) is 1. The first-order valence-corrected chi connectivity index (χ1v) is 10.1. The second-order valence-corrected chi connectivity index (χ2v) is 8.22. The Balaban J connectivity index is 1.77. The van der Waals surface area contributed by atoms with Crippen LogP contribution in [0.2, 0.25) is 0 Å². The zero-order valence-corrected chi connectivity index (χ0v) is 14.8. The highest BCUT2D eigenvalue weighted by molar-refractivity contribution is 7.88. The molecule has 0 bridgehead atoms. The molecule has 2 atom stereocenters. The lowest BCUT2D eigenvalue weighted by Crippen LogP contribution is -2.54. The van der Waals surface area contributed by atoms with Crippen LogP contribution in [0.1, 0.15) is 19.8 Å². The lowest BCUT2D eigenvalue weighted by molar-refractivity contribution is 0.0345. The van der Waals surface area contributed by atoms with Crippen LogP contribution >= 0.6 is 0 Å². The Morgan fingerprint density at radius 3 is 2.65 bits per heavy atom. The molecule has 2 N–H and O–H groups in total. The third kappa shape index (κ3) is 6.62. The van der Waals surface area contributed by atoms with Crippen molar-refractivity contribution in [2.75, 3.05) is 52.2 Å². The monoisotopic (exact) mass is 348 g/mol. The summed E-state index contributed by atoms with van der Waals surface area (Å²) in [4.78, 5) is 16.3. The molecule has 23 heavy (non-hydrogen) atoms. The number of ether oxygens (including phenoxy) is 1. The highest BCUT2D eigenvalue weighted by Crippen LogP contribution is 2.11. The number of rotatable bonds is 5. The molecule has 0 aromatic carbocycles. The molecular weight excluding hydrogens is 320 g/mol. The molecular formula is C14H28N4O4S. The topological polar surface area (TPSA) is 91.0 Å². The van der Waals surface area contributed by atoms with Crippen LogP contribution in [0.5, 0.6) is 0 Å². The summed E-state index contributed by atoms with van der Waals surface area (Å²) in [7, 11) is -3.24. The Labute approximate surface area is 138 Å². The Kier molecular flexibility index (Phi) is 6.63. The molecule has 2 aliphatic heterocycles. The molecule has 0 unspecified atom stereocenters. The molecule has 0 aliphatic carbocycles. The smallest absolute Gasteiger partial charge is 0.317 e. The van der Waals surface area contributed by atoms with Crippen LogP contribution in [0.3, 0.4) is 0 Å². The summed E-state index contributed by atoms with van der Waals surface area (Å²) in [6.07, 6.45) is 2.72. The van der Waals surface area contributed by atoms with E-state index in [2.05, 4.69) is 14.9 Å². The third-order valence-electron chi connectivity index (χ3n) is 4.09. The zero-order chi connectivity index (χ0) is 16.9. The Bertz CT molecular complexity index is 493. The molecule has 2 fully saturated rings. The minimum absolute atomic E-state index is 0.0452. The average Bonchev–Trinajstić information content (AvgIpc) is 2.46. The van der Waals surface area contributed by atoms with E-state index >= 15 is 0 Å². The normalized spacial score (nSPS) is 25.1. The molecule has 9 heteroatoms. The van der Waals surface area contributed by atoms with E-state index in [-0.39, 0.29) is 18.1 Å². The van der Waals surface area contributed by atoms with Crippen molar-refractivity contribution in [3.05, 3.63) is 0 Å². The number of carbonyl (C=O) groups excluding carboxylic acids is 1. The number of urea groups is 1. The molecule has 0 aromatic rings. The fourth-order valence-electron chi connectivity index (χ4n) is 3.08. The van der Waals surface area contributed by atoms with E-state index in [9.17, 15) is 13.2 Å². The van der Waals surface area contributed by atoms with Gasteiger partial charge in [0.25, 0.3) is 0 Å². The summed E-state index contributed by atoms with van der Waals surface area (Å²) >= 11 is 0. The number of hydrogen-bond acceptors (Lipinski definition) is 5. The second kappa shape index (κ2) is 8.27. The van der Waals surface area contributed by atoms with Gasteiger partial charge in [0.15, 0.2) is 0 Å². The molecule has 0 radical (unpaired) electrons. The first-order chi connectivity index (χ1) is 10.8. The molecule has 134 valence electrons. The van der Waals surface area contributed by atoms with Gasteiger partial charge in [0.2, 0.25) is 10.0 Å². The maximum Gasteiger partial charge on any atom is 0.317 e. The van der Waals surface area contributed by atoms with Gasteiger partial charge in [0, 0.05) is 44.8 Å². The van der Waals surface area contributed by atoms with Crippen LogP contribution in [0.15, 0.2) is 0 Å². The zero-order valence-electron chi connectivity index (χ0n) is 14.0. The van der Waals surface area contributed by atoms with Gasteiger partial charge in [0.05, 0.1) is 19.5 Å². The molecule has 8 nitrogen and oxygen atoms in total. The molecule has 0 saturated carbocycles. The molecule has 2 heterocycles. The van der Waals surface area contributed by atoms with Crippen LogP contribution in [-0.2, 0) is 14.8 Å². The van der Waals surface area contributed by atoms with Gasteiger partial charge in [-0.25, -0.2) is 17.9 Å². The maximum absolute atomic E-state index is 12.4. The van der Waals surface area contributed by atoms with Crippen LogP contribution < -0.4 is 10.0 Å². The van der Waals surface area contributed by atoms with Gasteiger partial charge in [-0.1, -0.05) is 0 Å². The van der Waals surface area contributed by atoms with E-state index in [0.29, 0.717) is 13.1 Å². The van der Waals surface area contributed by atoms with E-state index in [1.54, 1.807) is 4.90 Å². The first-order valence-electron chi connectivity index (χ1n) is 8.16. The van der Waals surface area contributed by atoms with Crippen molar-refractivity contribution in [2.24, 2.45) is 0 Å². The summed E-state index contributed by atoms with van der Waals surface area (Å²) in [6.45, 7) is 7.14. The third-order valence-corrected chi connectivity index (χ3v) is 4.86. The van der Waals surface area contributed by atoms with E-state index in [1.165, 1.54) is 0 Å². The van der Waals surface area contributed by atoms with Gasteiger partial charge in [-0.05, 0) is 19.8 Å². The molecule has 2 aliphatic rings. The van der Waals surface area contributed by atoms with Crippen LogP contribution in [0.4, 0.5) is 4.79 Å². The fraction of sp³-hybridized carbons (Fsp3) is 0.929. The van der Waals surface area contributed by atoms with E-state index < -0.39 is 10.0 Å². The highest BCUT2D eigenvalue weighted by Gasteiger charge is 2.26. The van der Waals surface area contributed by atoms with Crippen LogP contribution in [-0.4, -0.2) is 88.5 Å². The van der Waals surface area contributed by atoms with Crippen molar-refractivity contribution < 1.29 is 17.9 Å². The van der Waals surface area contributed by atoms with Gasteiger partial charge < -0.3 is 15.0 Å². The van der Waals surface area contributed by atoms with Crippen molar-refractivity contribution in [1.29, 1.82) is 0 Å². The Morgan fingerprint density at radius 1 is 1.30 bits per heavy atom. The number of sulfonamides is 1. The predicted molar refractivity (Wildman–Crippen MR) is 87.8 cm³/mol. The van der Waals surface area contributed by atoms with Crippen molar-refractivity contribution in [3.63, 3.8) is 0 Å². The summed E-state index contributed by atoms with van der Waals surface area (Å²) in [6, 6.07) is -0.270. The number of morpholine rings is 1. The number of carbonyl (C=O) groups is 1. The number of nitrogens with one attached hydrogen (secondary N) is 2. The van der Waals surface area contributed by atoms with Gasteiger partial charge in [-0.3, -0.25) is 4.90 Å². The Morgan fingerprint density at radius 2 is 2.00 bits per heavy atom. The fourth-order valence-corrected chi connectivity index (χ4v) is 3.88. The van der Waals surface area contributed by atoms with E-state index in [4.69, 9.17) is 4.74 Å². The van der Waals surface area contributed by atoms with Gasteiger partial charge in [0.1, 0.15) is 0 Å². The second-order valence-electron chi connectivity index (χ2n) is 6.44. The molecule has 2 saturated heterocycles. The van der Waals surface area contributed by atoms with Crippen molar-refractivity contribution in [1.82, 2.24) is 19.8 Å². The SMILES string of the molecule is C[C@H](CN1CCOCC1)NC(=O)N1CCC[C@H](NS(C)(=O)=O)C1. The molecule has 2 rings (SSSR count).